The van der Waals surface area contributed by atoms with Gasteiger partial charge in [-0.1, -0.05) is 70.5 Å². The first kappa shape index (κ1) is 21.4. The van der Waals surface area contributed by atoms with Crippen molar-refractivity contribution in [2.75, 3.05) is 6.61 Å². The van der Waals surface area contributed by atoms with Crippen LogP contribution in [0.5, 0.6) is 5.75 Å². The molecule has 0 spiro atoms. The third-order valence-corrected chi connectivity index (χ3v) is 6.09. The zero-order valence-corrected chi connectivity index (χ0v) is 19.7. The van der Waals surface area contributed by atoms with Crippen molar-refractivity contribution in [2.45, 2.75) is 18.9 Å². The van der Waals surface area contributed by atoms with Gasteiger partial charge < -0.3 is 4.74 Å². The fourth-order valence-electron chi connectivity index (χ4n) is 3.79. The number of rotatable bonds is 6. The summed E-state index contributed by atoms with van der Waals surface area (Å²) in [6.45, 7) is 2.41. The second-order valence-electron chi connectivity index (χ2n) is 8.18. The van der Waals surface area contributed by atoms with Crippen LogP contribution in [0.25, 0.3) is 22.5 Å². The Labute approximate surface area is 201 Å². The van der Waals surface area contributed by atoms with Crippen LogP contribution in [0.1, 0.15) is 18.9 Å². The predicted octanol–water partition coefficient (Wildman–Crippen LogP) is 5.80. The fourth-order valence-corrected chi connectivity index (χ4v) is 4.05. The largest absolute Gasteiger partial charge is 0.490 e. The molecule has 0 fully saturated rings. The average Bonchev–Trinajstić information content (AvgIpc) is 3.39. The monoisotopic (exact) mass is 502 g/mol. The molecular formula is C26H23BrN4O2. The van der Waals surface area contributed by atoms with Crippen LogP contribution in [-0.4, -0.2) is 27.0 Å². The first-order chi connectivity index (χ1) is 16.1. The molecule has 1 atom stereocenters. The van der Waals surface area contributed by atoms with E-state index in [0.29, 0.717) is 13.0 Å². The summed E-state index contributed by atoms with van der Waals surface area (Å²) in [7, 11) is 0. The van der Waals surface area contributed by atoms with E-state index in [1.165, 1.54) is 6.33 Å². The molecule has 1 aliphatic heterocycles. The van der Waals surface area contributed by atoms with Crippen molar-refractivity contribution in [3.05, 3.63) is 102 Å². The van der Waals surface area contributed by atoms with Crippen LogP contribution in [0.3, 0.4) is 0 Å². The number of hydrogen-bond acceptors (Lipinski definition) is 5. The Morgan fingerprint density at radius 1 is 0.970 bits per heavy atom. The molecule has 4 aromatic rings. The Morgan fingerprint density at radius 2 is 1.64 bits per heavy atom. The van der Waals surface area contributed by atoms with Crippen molar-refractivity contribution in [2.24, 2.45) is 0 Å². The summed E-state index contributed by atoms with van der Waals surface area (Å²) in [6, 6.07) is 26.4. The number of nitrogens with one attached hydrogen (secondary N) is 1. The highest BCUT2D eigenvalue weighted by Gasteiger charge is 2.35. The van der Waals surface area contributed by atoms with Crippen molar-refractivity contribution in [1.82, 2.24) is 20.2 Å². The first-order valence-corrected chi connectivity index (χ1v) is 11.5. The van der Waals surface area contributed by atoms with Crippen LogP contribution >= 0.6 is 15.9 Å². The van der Waals surface area contributed by atoms with E-state index in [0.717, 1.165) is 38.3 Å². The van der Waals surface area contributed by atoms with Crippen LogP contribution in [0.15, 0.2) is 96.0 Å². The van der Waals surface area contributed by atoms with Gasteiger partial charge in [0.2, 0.25) is 0 Å². The molecule has 6 nitrogen and oxygen atoms in total. The maximum atomic E-state index is 6.11. The number of nitrogens with zero attached hydrogens (tertiary/aromatic N) is 3. The second kappa shape index (κ2) is 9.21. The Hall–Kier alpha value is -3.42. The van der Waals surface area contributed by atoms with Crippen molar-refractivity contribution >= 4 is 27.3 Å². The molecule has 5 rings (SSSR count). The van der Waals surface area contributed by atoms with E-state index in [4.69, 9.17) is 9.57 Å². The SMILES string of the molecule is CC1(COc2ccccc2)CC(n2cncn2)=C(c2ccc(-c3ccc(Br)cc3)cc2)NO1. The number of hydrogen-bond donors (Lipinski definition) is 1. The van der Waals surface area contributed by atoms with Gasteiger partial charge in [0.25, 0.3) is 0 Å². The highest BCUT2D eigenvalue weighted by Crippen LogP contribution is 2.34. The summed E-state index contributed by atoms with van der Waals surface area (Å²) < 4.78 is 8.84. The second-order valence-corrected chi connectivity index (χ2v) is 9.09. The molecular weight excluding hydrogens is 480 g/mol. The van der Waals surface area contributed by atoms with Crippen LogP contribution < -0.4 is 10.2 Å². The zero-order chi connectivity index (χ0) is 22.7. The molecule has 2 heterocycles. The van der Waals surface area contributed by atoms with E-state index in [1.807, 2.05) is 49.4 Å². The zero-order valence-electron chi connectivity index (χ0n) is 18.1. The van der Waals surface area contributed by atoms with Crippen molar-refractivity contribution in [3.63, 3.8) is 0 Å². The maximum absolute atomic E-state index is 6.11. The lowest BCUT2D eigenvalue weighted by Crippen LogP contribution is -2.44. The van der Waals surface area contributed by atoms with Gasteiger partial charge in [-0.3, -0.25) is 10.3 Å². The van der Waals surface area contributed by atoms with E-state index in [9.17, 15) is 0 Å². The van der Waals surface area contributed by atoms with E-state index in [2.05, 4.69) is 67.9 Å². The molecule has 166 valence electrons. The summed E-state index contributed by atoms with van der Waals surface area (Å²) in [5.74, 6) is 0.808. The van der Waals surface area contributed by atoms with Crippen molar-refractivity contribution in [3.8, 4) is 16.9 Å². The molecule has 7 heteroatoms. The quantitative estimate of drug-likeness (QED) is 0.361. The standard InChI is InChI=1S/C26H23BrN4O2/c1-26(16-32-23-5-3-2-4-6-23)15-24(31-18-28-17-29-31)25(30-33-26)21-9-7-19(8-10-21)20-11-13-22(27)14-12-20/h2-14,17-18,30H,15-16H2,1H3. The average molecular weight is 503 g/mol. The lowest BCUT2D eigenvalue weighted by atomic mass is 9.95. The van der Waals surface area contributed by atoms with Crippen molar-refractivity contribution in [1.29, 1.82) is 0 Å². The van der Waals surface area contributed by atoms with E-state index < -0.39 is 5.60 Å². The molecule has 0 amide bonds. The lowest BCUT2D eigenvalue weighted by Gasteiger charge is -2.36. The van der Waals surface area contributed by atoms with Gasteiger partial charge in [-0.2, -0.15) is 5.10 Å². The van der Waals surface area contributed by atoms with E-state index in [1.54, 1.807) is 11.0 Å². The number of para-hydroxylation sites is 1. The smallest absolute Gasteiger partial charge is 0.138 e. The Balaban J connectivity index is 1.42. The number of ether oxygens (including phenoxy) is 1. The minimum absolute atomic E-state index is 0.387. The van der Waals surface area contributed by atoms with Gasteiger partial charge in [0.05, 0.1) is 11.4 Å². The van der Waals surface area contributed by atoms with Gasteiger partial charge in [-0.05, 0) is 42.3 Å². The molecule has 1 aliphatic rings. The molecule has 0 saturated carbocycles. The van der Waals surface area contributed by atoms with Gasteiger partial charge in [0.1, 0.15) is 30.6 Å². The van der Waals surface area contributed by atoms with Gasteiger partial charge in [0.15, 0.2) is 0 Å². The minimum Gasteiger partial charge on any atom is -0.490 e. The van der Waals surface area contributed by atoms with Crippen LogP contribution in [0.4, 0.5) is 0 Å². The molecule has 3 aromatic carbocycles. The summed E-state index contributed by atoms with van der Waals surface area (Å²) in [4.78, 5) is 10.3. The van der Waals surface area contributed by atoms with Gasteiger partial charge in [-0.25, -0.2) is 9.67 Å². The van der Waals surface area contributed by atoms with E-state index >= 15 is 0 Å². The summed E-state index contributed by atoms with van der Waals surface area (Å²) in [5, 5.41) is 4.38. The molecule has 0 bridgehead atoms. The topological polar surface area (TPSA) is 61.2 Å². The third-order valence-electron chi connectivity index (χ3n) is 5.56. The van der Waals surface area contributed by atoms with E-state index in [-0.39, 0.29) is 0 Å². The Kier molecular flexibility index (Phi) is 5.98. The summed E-state index contributed by atoms with van der Waals surface area (Å²) in [5.41, 5.74) is 7.73. The molecule has 0 aliphatic carbocycles. The highest BCUT2D eigenvalue weighted by molar-refractivity contribution is 9.10. The fraction of sp³-hybridized carbons (Fsp3) is 0.154. The van der Waals surface area contributed by atoms with Gasteiger partial charge in [0, 0.05) is 16.5 Å². The Bertz CT molecular complexity index is 1240. The van der Waals surface area contributed by atoms with Crippen LogP contribution in [-0.2, 0) is 4.84 Å². The van der Waals surface area contributed by atoms with Crippen LogP contribution in [0.2, 0.25) is 0 Å². The van der Waals surface area contributed by atoms with Gasteiger partial charge in [-0.15, -0.1) is 0 Å². The van der Waals surface area contributed by atoms with Gasteiger partial charge >= 0.3 is 0 Å². The lowest BCUT2D eigenvalue weighted by molar-refractivity contribution is -0.0989. The summed E-state index contributed by atoms with van der Waals surface area (Å²) >= 11 is 3.49. The molecule has 1 unspecified atom stereocenters. The minimum atomic E-state index is -0.585. The molecule has 1 N–H and O–H groups in total. The Morgan fingerprint density at radius 3 is 2.30 bits per heavy atom. The third kappa shape index (κ3) is 4.84. The molecule has 1 aromatic heterocycles. The molecule has 0 saturated heterocycles. The van der Waals surface area contributed by atoms with Crippen molar-refractivity contribution < 1.29 is 9.57 Å². The summed E-state index contributed by atoms with van der Waals surface area (Å²) in [6.07, 6.45) is 3.84. The number of hydroxylamine groups is 1. The molecule has 33 heavy (non-hydrogen) atoms. The number of benzene rings is 3. The predicted molar refractivity (Wildman–Crippen MR) is 132 cm³/mol. The maximum Gasteiger partial charge on any atom is 0.138 e. The number of halogens is 1. The van der Waals surface area contributed by atoms with Crippen LogP contribution in [0, 0.1) is 0 Å². The molecule has 0 radical (unpaired) electrons. The first-order valence-electron chi connectivity index (χ1n) is 10.7. The normalized spacial score (nSPS) is 18.1. The highest BCUT2D eigenvalue weighted by atomic mass is 79.9. The number of aromatic nitrogens is 3.